The van der Waals surface area contributed by atoms with E-state index in [1.54, 1.807) is 0 Å². The van der Waals surface area contributed by atoms with E-state index in [0.717, 1.165) is 6.54 Å². The monoisotopic (exact) mass is 214 g/mol. The molecule has 0 bridgehead atoms. The minimum Gasteiger partial charge on any atom is -0.348 e. The van der Waals surface area contributed by atoms with Crippen LogP contribution in [-0.2, 0) is 12.5 Å². The Balaban J connectivity index is 2.36. The van der Waals surface area contributed by atoms with E-state index >= 15 is 0 Å². The molecule has 2 N–H and O–H groups in total. The molecule has 0 saturated heterocycles. The van der Waals surface area contributed by atoms with Crippen LogP contribution < -0.4 is 5.73 Å². The molecule has 1 saturated carbocycles. The molecule has 0 amide bonds. The summed E-state index contributed by atoms with van der Waals surface area (Å²) < 4.78 is 2.29. The molecule has 1 aromatic heterocycles. The number of aryl methyl sites for hydroxylation is 1. The molecule has 1 heterocycles. The van der Waals surface area contributed by atoms with Crippen molar-refractivity contribution in [3.8, 4) is 0 Å². The molecule has 3 rings (SSSR count). The fourth-order valence-electron chi connectivity index (χ4n) is 2.90. The van der Waals surface area contributed by atoms with Crippen molar-refractivity contribution < 1.29 is 0 Å². The predicted molar refractivity (Wildman–Crippen MR) is 67.6 cm³/mol. The van der Waals surface area contributed by atoms with Crippen LogP contribution in [0.25, 0.3) is 10.9 Å². The third-order valence-corrected chi connectivity index (χ3v) is 4.17. The molecule has 2 nitrogen and oxygen atoms in total. The average molecular weight is 214 g/mol. The third kappa shape index (κ3) is 1.11. The largest absolute Gasteiger partial charge is 0.348 e. The number of hydrogen-bond acceptors (Lipinski definition) is 1. The Morgan fingerprint density at radius 1 is 1.31 bits per heavy atom. The lowest BCUT2D eigenvalue weighted by molar-refractivity contribution is 0.697. The van der Waals surface area contributed by atoms with Gasteiger partial charge in [-0.25, -0.2) is 0 Å². The molecule has 1 aliphatic carbocycles. The van der Waals surface area contributed by atoms with Crippen LogP contribution in [0.4, 0.5) is 0 Å². The fourth-order valence-corrected chi connectivity index (χ4v) is 2.90. The van der Waals surface area contributed by atoms with E-state index in [1.165, 1.54) is 35.0 Å². The molecule has 2 aromatic rings. The van der Waals surface area contributed by atoms with Gasteiger partial charge in [0.1, 0.15) is 0 Å². The summed E-state index contributed by atoms with van der Waals surface area (Å²) in [4.78, 5) is 0. The molecule has 1 aromatic carbocycles. The summed E-state index contributed by atoms with van der Waals surface area (Å²) in [6, 6.07) is 8.65. The molecule has 1 aliphatic rings. The highest BCUT2D eigenvalue weighted by Gasteiger charge is 2.45. The fraction of sp³-hybridized carbons (Fsp3) is 0.429. The van der Waals surface area contributed by atoms with Gasteiger partial charge in [0.15, 0.2) is 0 Å². The first-order valence-corrected chi connectivity index (χ1v) is 5.94. The first kappa shape index (κ1) is 9.91. The number of fused-ring (bicyclic) bond motifs is 1. The first-order chi connectivity index (χ1) is 7.69. The highest BCUT2D eigenvalue weighted by atomic mass is 15.0. The van der Waals surface area contributed by atoms with Crippen LogP contribution in [-0.4, -0.2) is 11.1 Å². The van der Waals surface area contributed by atoms with Crippen LogP contribution in [0.15, 0.2) is 24.3 Å². The zero-order valence-corrected chi connectivity index (χ0v) is 9.96. The first-order valence-electron chi connectivity index (χ1n) is 5.94. The molecule has 0 unspecified atom stereocenters. The standard InChI is InChI=1S/C14H18N2/c1-10-13(14(9-15)7-8-14)11-5-3-4-6-12(11)16(10)2/h3-6H,7-9,15H2,1-2H3. The molecule has 0 atom stereocenters. The van der Waals surface area contributed by atoms with E-state index in [-0.39, 0.29) is 5.41 Å². The topological polar surface area (TPSA) is 30.9 Å². The smallest absolute Gasteiger partial charge is 0.0482 e. The van der Waals surface area contributed by atoms with Crippen molar-refractivity contribution in [2.75, 3.05) is 6.54 Å². The van der Waals surface area contributed by atoms with Crippen LogP contribution in [0.2, 0.25) is 0 Å². The van der Waals surface area contributed by atoms with Crippen molar-refractivity contribution in [3.05, 3.63) is 35.5 Å². The Kier molecular flexibility index (Phi) is 1.93. The highest BCUT2D eigenvalue weighted by Crippen LogP contribution is 2.51. The Bertz CT molecular complexity index is 547. The Hall–Kier alpha value is -1.28. The zero-order chi connectivity index (χ0) is 11.3. The number of rotatable bonds is 2. The van der Waals surface area contributed by atoms with Crippen LogP contribution in [0.1, 0.15) is 24.1 Å². The van der Waals surface area contributed by atoms with Gasteiger partial charge in [0.2, 0.25) is 0 Å². The maximum absolute atomic E-state index is 5.96. The van der Waals surface area contributed by atoms with E-state index in [2.05, 4.69) is 42.8 Å². The molecule has 0 spiro atoms. The summed E-state index contributed by atoms with van der Waals surface area (Å²) >= 11 is 0. The van der Waals surface area contributed by atoms with E-state index in [1.807, 2.05) is 0 Å². The third-order valence-electron chi connectivity index (χ3n) is 4.17. The van der Waals surface area contributed by atoms with E-state index in [4.69, 9.17) is 5.73 Å². The highest BCUT2D eigenvalue weighted by molar-refractivity contribution is 5.87. The van der Waals surface area contributed by atoms with Gasteiger partial charge >= 0.3 is 0 Å². The maximum atomic E-state index is 5.96. The van der Waals surface area contributed by atoms with Crippen molar-refractivity contribution in [1.29, 1.82) is 0 Å². The van der Waals surface area contributed by atoms with Gasteiger partial charge in [0.05, 0.1) is 0 Å². The van der Waals surface area contributed by atoms with E-state index in [0.29, 0.717) is 0 Å². The quantitative estimate of drug-likeness (QED) is 0.818. The summed E-state index contributed by atoms with van der Waals surface area (Å²) in [6.45, 7) is 2.99. The van der Waals surface area contributed by atoms with Crippen molar-refractivity contribution in [3.63, 3.8) is 0 Å². The number of aromatic nitrogens is 1. The van der Waals surface area contributed by atoms with Gasteiger partial charge in [0.25, 0.3) is 0 Å². The number of hydrogen-bond donors (Lipinski definition) is 1. The average Bonchev–Trinajstić information content (AvgIpc) is 3.05. The predicted octanol–water partition coefficient (Wildman–Crippen LogP) is 2.48. The summed E-state index contributed by atoms with van der Waals surface area (Å²) in [5.41, 5.74) is 10.4. The molecule has 0 aliphatic heterocycles. The molecular formula is C14H18N2. The van der Waals surface area contributed by atoms with Gasteiger partial charge < -0.3 is 10.3 Å². The zero-order valence-electron chi connectivity index (χ0n) is 9.96. The van der Waals surface area contributed by atoms with E-state index in [9.17, 15) is 0 Å². The number of para-hydroxylation sites is 1. The van der Waals surface area contributed by atoms with Gasteiger partial charge in [-0.05, 0) is 31.4 Å². The molecule has 16 heavy (non-hydrogen) atoms. The van der Waals surface area contributed by atoms with Crippen LogP contribution in [0.5, 0.6) is 0 Å². The second-order valence-corrected chi connectivity index (χ2v) is 5.02. The number of nitrogens with two attached hydrogens (primary N) is 1. The molecule has 2 heteroatoms. The Labute approximate surface area is 96.1 Å². The van der Waals surface area contributed by atoms with Gasteiger partial charge in [-0.15, -0.1) is 0 Å². The van der Waals surface area contributed by atoms with Gasteiger partial charge in [0, 0.05) is 35.6 Å². The van der Waals surface area contributed by atoms with Gasteiger partial charge in [-0.1, -0.05) is 18.2 Å². The summed E-state index contributed by atoms with van der Waals surface area (Å²) in [7, 11) is 2.15. The summed E-state index contributed by atoms with van der Waals surface area (Å²) in [5, 5.41) is 1.39. The van der Waals surface area contributed by atoms with Crippen molar-refractivity contribution in [2.24, 2.45) is 12.8 Å². The molecule has 1 fully saturated rings. The van der Waals surface area contributed by atoms with Crippen LogP contribution in [0, 0.1) is 6.92 Å². The van der Waals surface area contributed by atoms with Crippen molar-refractivity contribution in [1.82, 2.24) is 4.57 Å². The van der Waals surface area contributed by atoms with E-state index < -0.39 is 0 Å². The minimum atomic E-state index is 0.283. The normalized spacial score (nSPS) is 17.9. The molecule has 0 radical (unpaired) electrons. The lowest BCUT2D eigenvalue weighted by atomic mass is 9.93. The van der Waals surface area contributed by atoms with Gasteiger partial charge in [-0.2, -0.15) is 0 Å². The second kappa shape index (κ2) is 3.11. The Morgan fingerprint density at radius 3 is 2.62 bits per heavy atom. The summed E-state index contributed by atoms with van der Waals surface area (Å²) in [6.07, 6.45) is 2.50. The molecule has 84 valence electrons. The number of nitrogens with zero attached hydrogens (tertiary/aromatic N) is 1. The minimum absolute atomic E-state index is 0.283. The lowest BCUT2D eigenvalue weighted by Gasteiger charge is -2.13. The Morgan fingerprint density at radius 2 is 2.00 bits per heavy atom. The van der Waals surface area contributed by atoms with Crippen molar-refractivity contribution in [2.45, 2.75) is 25.2 Å². The van der Waals surface area contributed by atoms with Crippen LogP contribution in [0.3, 0.4) is 0 Å². The number of benzene rings is 1. The van der Waals surface area contributed by atoms with Gasteiger partial charge in [-0.3, -0.25) is 0 Å². The summed E-state index contributed by atoms with van der Waals surface area (Å²) in [5.74, 6) is 0. The molecular weight excluding hydrogens is 196 g/mol. The second-order valence-electron chi connectivity index (χ2n) is 5.02. The maximum Gasteiger partial charge on any atom is 0.0482 e. The van der Waals surface area contributed by atoms with Crippen LogP contribution >= 0.6 is 0 Å². The SMILES string of the molecule is Cc1c(C2(CN)CC2)c2ccccc2n1C. The van der Waals surface area contributed by atoms with Crippen molar-refractivity contribution >= 4 is 10.9 Å². The lowest BCUT2D eigenvalue weighted by Crippen LogP contribution is -2.20.